The van der Waals surface area contributed by atoms with Crippen LogP contribution in [0.15, 0.2) is 0 Å². The van der Waals surface area contributed by atoms with E-state index < -0.39 is 9.84 Å². The van der Waals surface area contributed by atoms with Crippen LogP contribution >= 0.6 is 0 Å². The van der Waals surface area contributed by atoms with E-state index in [1.165, 1.54) is 6.26 Å². The lowest BCUT2D eigenvalue weighted by molar-refractivity contribution is -0.107. The molecule has 1 rings (SSSR count). The van der Waals surface area contributed by atoms with Gasteiger partial charge in [0, 0.05) is 12.9 Å². The molecule has 120 valence electrons. The topological polar surface area (TPSA) is 81.4 Å². The molecule has 0 amide bonds. The van der Waals surface area contributed by atoms with Gasteiger partial charge >= 0.3 is 0 Å². The normalized spacial score (nSPS) is 23.4. The highest BCUT2D eigenvalue weighted by Crippen LogP contribution is 2.44. The van der Waals surface area contributed by atoms with E-state index in [-0.39, 0.29) is 17.4 Å². The van der Waals surface area contributed by atoms with Gasteiger partial charge in [-0.1, -0.05) is 13.8 Å². The van der Waals surface area contributed by atoms with Crippen LogP contribution in [0.2, 0.25) is 0 Å². The van der Waals surface area contributed by atoms with Gasteiger partial charge in [-0.05, 0) is 44.4 Å². The first-order chi connectivity index (χ1) is 9.14. The van der Waals surface area contributed by atoms with Crippen LogP contribution in [-0.2, 0) is 14.6 Å². The largest absolute Gasteiger partial charge is 0.374 e. The number of nitrogens with two attached hydrogens (primary N) is 1. The van der Waals surface area contributed by atoms with Crippen LogP contribution < -0.4 is 11.3 Å². The minimum absolute atomic E-state index is 0.117. The Labute approximate surface area is 123 Å². The third-order valence-electron chi connectivity index (χ3n) is 4.50. The minimum atomic E-state index is -2.98. The van der Waals surface area contributed by atoms with Gasteiger partial charge < -0.3 is 4.74 Å². The van der Waals surface area contributed by atoms with Crippen molar-refractivity contribution >= 4 is 9.84 Å². The zero-order chi connectivity index (χ0) is 15.4. The van der Waals surface area contributed by atoms with Crippen molar-refractivity contribution in [2.24, 2.45) is 11.3 Å². The van der Waals surface area contributed by atoms with E-state index in [0.29, 0.717) is 18.4 Å². The van der Waals surface area contributed by atoms with Crippen LogP contribution in [0.3, 0.4) is 0 Å². The molecule has 0 bridgehead atoms. The summed E-state index contributed by atoms with van der Waals surface area (Å²) in [6.45, 7) is 7.14. The standard InChI is InChI=1S/C14H30N2O3S/c1-5-19-14(9-7-13(2,3)8-10-14)12(16-15)6-11-20(4,17)18/h12,16H,5-11,15H2,1-4H3. The van der Waals surface area contributed by atoms with Gasteiger partial charge in [0.25, 0.3) is 0 Å². The van der Waals surface area contributed by atoms with Gasteiger partial charge in [0.1, 0.15) is 9.84 Å². The second kappa shape index (κ2) is 6.73. The van der Waals surface area contributed by atoms with E-state index in [9.17, 15) is 8.42 Å². The average molecular weight is 306 g/mol. The monoisotopic (exact) mass is 306 g/mol. The summed E-state index contributed by atoms with van der Waals surface area (Å²) in [6.07, 6.45) is 5.75. The molecule has 0 saturated heterocycles. The molecular weight excluding hydrogens is 276 g/mol. The molecule has 0 aliphatic heterocycles. The molecule has 5 nitrogen and oxygen atoms in total. The molecule has 1 saturated carbocycles. The highest BCUT2D eigenvalue weighted by Gasteiger charge is 2.44. The SMILES string of the molecule is CCOC1(C(CCS(C)(=O)=O)NN)CCC(C)(C)CC1. The second-order valence-electron chi connectivity index (χ2n) is 6.80. The fourth-order valence-electron chi connectivity index (χ4n) is 3.06. The number of hydrogen-bond donors (Lipinski definition) is 2. The summed E-state index contributed by atoms with van der Waals surface area (Å²) < 4.78 is 28.8. The van der Waals surface area contributed by atoms with Crippen molar-refractivity contribution in [1.82, 2.24) is 5.43 Å². The number of hydrazine groups is 1. The lowest BCUT2D eigenvalue weighted by Gasteiger charge is -2.47. The number of hydrogen-bond acceptors (Lipinski definition) is 5. The third-order valence-corrected chi connectivity index (χ3v) is 5.47. The smallest absolute Gasteiger partial charge is 0.147 e. The predicted molar refractivity (Wildman–Crippen MR) is 82.0 cm³/mol. The van der Waals surface area contributed by atoms with Gasteiger partial charge in [0.15, 0.2) is 0 Å². The van der Waals surface area contributed by atoms with Crippen LogP contribution in [0.5, 0.6) is 0 Å². The highest BCUT2D eigenvalue weighted by molar-refractivity contribution is 7.90. The van der Waals surface area contributed by atoms with Crippen LogP contribution in [0.1, 0.15) is 52.9 Å². The van der Waals surface area contributed by atoms with Gasteiger partial charge in [-0.15, -0.1) is 0 Å². The summed E-state index contributed by atoms with van der Waals surface area (Å²) in [6, 6.07) is -0.117. The maximum atomic E-state index is 11.4. The molecule has 1 unspecified atom stereocenters. The highest BCUT2D eigenvalue weighted by atomic mass is 32.2. The molecule has 0 spiro atoms. The Morgan fingerprint density at radius 1 is 1.25 bits per heavy atom. The summed E-state index contributed by atoms with van der Waals surface area (Å²) >= 11 is 0. The zero-order valence-electron chi connectivity index (χ0n) is 13.2. The maximum absolute atomic E-state index is 11.4. The van der Waals surface area contributed by atoms with Gasteiger partial charge in [0.2, 0.25) is 0 Å². The molecule has 0 aromatic rings. The first-order valence-electron chi connectivity index (χ1n) is 7.42. The quantitative estimate of drug-likeness (QED) is 0.552. The summed E-state index contributed by atoms with van der Waals surface area (Å²) in [5, 5.41) is 0. The van der Waals surface area contributed by atoms with Gasteiger partial charge in [0.05, 0.1) is 17.4 Å². The molecule has 0 heterocycles. The molecule has 3 N–H and O–H groups in total. The molecule has 1 aliphatic rings. The number of rotatable bonds is 7. The predicted octanol–water partition coefficient (Wildman–Crippen LogP) is 1.63. The third kappa shape index (κ3) is 4.98. The maximum Gasteiger partial charge on any atom is 0.147 e. The Hall–Kier alpha value is -0.170. The fraction of sp³-hybridized carbons (Fsp3) is 1.00. The molecule has 1 atom stereocenters. The molecule has 1 aliphatic carbocycles. The van der Waals surface area contributed by atoms with E-state index in [2.05, 4.69) is 19.3 Å². The molecule has 20 heavy (non-hydrogen) atoms. The van der Waals surface area contributed by atoms with Crippen molar-refractivity contribution in [2.75, 3.05) is 18.6 Å². The van der Waals surface area contributed by atoms with Crippen molar-refractivity contribution in [3.63, 3.8) is 0 Å². The van der Waals surface area contributed by atoms with Crippen LogP contribution in [0.4, 0.5) is 0 Å². The van der Waals surface area contributed by atoms with Gasteiger partial charge in [-0.2, -0.15) is 0 Å². The Morgan fingerprint density at radius 3 is 2.20 bits per heavy atom. The summed E-state index contributed by atoms with van der Waals surface area (Å²) in [5.74, 6) is 5.83. The minimum Gasteiger partial charge on any atom is -0.374 e. The van der Waals surface area contributed by atoms with Gasteiger partial charge in [-0.3, -0.25) is 11.3 Å². The number of nitrogens with one attached hydrogen (secondary N) is 1. The Kier molecular flexibility index (Phi) is 6.01. The first-order valence-corrected chi connectivity index (χ1v) is 9.48. The van der Waals surface area contributed by atoms with Crippen LogP contribution in [-0.4, -0.2) is 38.7 Å². The zero-order valence-corrected chi connectivity index (χ0v) is 14.1. The van der Waals surface area contributed by atoms with E-state index >= 15 is 0 Å². The molecule has 6 heteroatoms. The molecular formula is C14H30N2O3S. The lowest BCUT2D eigenvalue weighted by atomic mass is 9.68. The van der Waals surface area contributed by atoms with Crippen molar-refractivity contribution in [3.8, 4) is 0 Å². The van der Waals surface area contributed by atoms with E-state index in [4.69, 9.17) is 10.6 Å². The second-order valence-corrected chi connectivity index (χ2v) is 9.06. The van der Waals surface area contributed by atoms with Gasteiger partial charge in [-0.25, -0.2) is 8.42 Å². The van der Waals surface area contributed by atoms with Crippen molar-refractivity contribution in [2.45, 2.75) is 64.5 Å². The fourth-order valence-corrected chi connectivity index (χ4v) is 3.72. The number of ether oxygens (including phenoxy) is 1. The van der Waals surface area contributed by atoms with Crippen molar-refractivity contribution < 1.29 is 13.2 Å². The molecule has 0 aromatic carbocycles. The van der Waals surface area contributed by atoms with Crippen molar-refractivity contribution in [3.05, 3.63) is 0 Å². The molecule has 0 aromatic heterocycles. The summed E-state index contributed by atoms with van der Waals surface area (Å²) in [4.78, 5) is 0. The Balaban J connectivity index is 2.81. The summed E-state index contributed by atoms with van der Waals surface area (Å²) in [7, 11) is -2.98. The molecule has 0 radical (unpaired) electrons. The van der Waals surface area contributed by atoms with Crippen molar-refractivity contribution in [1.29, 1.82) is 0 Å². The van der Waals surface area contributed by atoms with Crippen LogP contribution in [0.25, 0.3) is 0 Å². The number of sulfone groups is 1. The first kappa shape index (κ1) is 17.9. The Morgan fingerprint density at radius 2 is 1.80 bits per heavy atom. The van der Waals surface area contributed by atoms with E-state index in [1.54, 1.807) is 0 Å². The Bertz CT molecular complexity index is 397. The van der Waals surface area contributed by atoms with E-state index in [1.807, 2.05) is 6.92 Å². The average Bonchev–Trinajstić information content (AvgIpc) is 2.32. The van der Waals surface area contributed by atoms with E-state index in [0.717, 1.165) is 25.7 Å². The molecule has 1 fully saturated rings. The summed E-state index contributed by atoms with van der Waals surface area (Å²) in [5.41, 5.74) is 2.81. The lowest BCUT2D eigenvalue weighted by Crippen LogP contribution is -2.57. The van der Waals surface area contributed by atoms with Crippen LogP contribution in [0, 0.1) is 5.41 Å².